The van der Waals surface area contributed by atoms with Crippen LogP contribution in [0.25, 0.3) is 0 Å². The second-order valence-electron chi connectivity index (χ2n) is 8.78. The van der Waals surface area contributed by atoms with Gasteiger partial charge in [-0.15, -0.1) is 11.3 Å². The molecule has 12 heteroatoms. The van der Waals surface area contributed by atoms with Crippen LogP contribution in [0.3, 0.4) is 0 Å². The second-order valence-corrected chi connectivity index (χ2v) is 10.5. The molecular formula is C25H29ClN4O6S. The number of esters is 1. The lowest BCUT2D eigenvalue weighted by atomic mass is 10.0. The zero-order chi connectivity index (χ0) is 26.9. The third-order valence-corrected chi connectivity index (χ3v) is 7.27. The Balaban J connectivity index is 1.70. The predicted molar refractivity (Wildman–Crippen MR) is 140 cm³/mol. The first-order valence-electron chi connectivity index (χ1n) is 11.7. The molecule has 0 fully saturated rings. The number of hydrogen-bond donors (Lipinski definition) is 2. The maximum atomic E-state index is 13.2. The number of likely N-dealkylation sites (N-methyl/N-ethyl adjacent to an activating group) is 2. The van der Waals surface area contributed by atoms with Gasteiger partial charge in [0, 0.05) is 32.2 Å². The maximum Gasteiger partial charge on any atom is 0.333 e. The highest BCUT2D eigenvalue weighted by Gasteiger charge is 2.25. The number of benzene rings is 1. The van der Waals surface area contributed by atoms with Crippen LogP contribution in [0.2, 0.25) is 4.34 Å². The van der Waals surface area contributed by atoms with Crippen molar-refractivity contribution in [2.75, 3.05) is 39.0 Å². The summed E-state index contributed by atoms with van der Waals surface area (Å²) in [6, 6.07) is 7.89. The minimum Gasteiger partial charge on any atom is -0.394 e. The molecule has 0 saturated heterocycles. The van der Waals surface area contributed by atoms with Crippen LogP contribution in [0, 0.1) is 0 Å². The van der Waals surface area contributed by atoms with Crippen molar-refractivity contribution in [2.45, 2.75) is 31.7 Å². The smallest absolute Gasteiger partial charge is 0.333 e. The molecule has 0 spiro atoms. The summed E-state index contributed by atoms with van der Waals surface area (Å²) in [5.74, 6) is -2.30. The van der Waals surface area contributed by atoms with Gasteiger partial charge in [-0.05, 0) is 61.7 Å². The van der Waals surface area contributed by atoms with Gasteiger partial charge in [0.2, 0.25) is 11.8 Å². The Morgan fingerprint density at radius 3 is 2.57 bits per heavy atom. The molecule has 1 aliphatic heterocycles. The molecule has 0 unspecified atom stereocenters. The molecule has 0 saturated carbocycles. The van der Waals surface area contributed by atoms with Crippen molar-refractivity contribution >= 4 is 58.8 Å². The molecular weight excluding hydrogens is 520 g/mol. The fourth-order valence-corrected chi connectivity index (χ4v) is 4.86. The standard InChI is InChI=1S/C25H29ClN4O6S/c1-29-11-9-16-3-4-18(13-17(16)10-12-29)27-24(34)19(28-25(35)20-6-7-21(26)37-20)5-8-22(32)30(2)14-23(33)36-15-31/h3-4,6-7,13,15,19H,5,8-12,14H2,1-2H3,(H,27,34)(H,28,35)/t19-/m1/s1. The van der Waals surface area contributed by atoms with Crippen molar-refractivity contribution in [1.82, 2.24) is 15.1 Å². The lowest BCUT2D eigenvalue weighted by Crippen LogP contribution is -2.44. The Morgan fingerprint density at radius 1 is 1.16 bits per heavy atom. The predicted octanol–water partition coefficient (Wildman–Crippen LogP) is 2.11. The fraction of sp³-hybridized carbons (Fsp3) is 0.400. The van der Waals surface area contributed by atoms with E-state index in [9.17, 15) is 24.0 Å². The van der Waals surface area contributed by atoms with E-state index >= 15 is 0 Å². The number of fused-ring (bicyclic) bond motifs is 1. The van der Waals surface area contributed by atoms with Crippen molar-refractivity contribution in [3.05, 3.63) is 50.7 Å². The van der Waals surface area contributed by atoms with Gasteiger partial charge < -0.3 is 25.2 Å². The minimum atomic E-state index is -1.03. The Labute approximate surface area is 223 Å². The first-order valence-corrected chi connectivity index (χ1v) is 12.9. The van der Waals surface area contributed by atoms with E-state index in [4.69, 9.17) is 11.6 Å². The van der Waals surface area contributed by atoms with E-state index in [2.05, 4.69) is 27.3 Å². The Hall–Kier alpha value is -3.28. The average Bonchev–Trinajstić information content (AvgIpc) is 3.21. The third kappa shape index (κ3) is 8.38. The van der Waals surface area contributed by atoms with E-state index in [-0.39, 0.29) is 19.3 Å². The van der Waals surface area contributed by atoms with Crippen molar-refractivity contribution in [3.63, 3.8) is 0 Å². The van der Waals surface area contributed by atoms with Gasteiger partial charge in [-0.1, -0.05) is 17.7 Å². The van der Waals surface area contributed by atoms with E-state index in [1.807, 2.05) is 18.2 Å². The maximum absolute atomic E-state index is 13.2. The average molecular weight is 549 g/mol. The number of anilines is 1. The van der Waals surface area contributed by atoms with Crippen LogP contribution in [0.15, 0.2) is 30.3 Å². The summed E-state index contributed by atoms with van der Waals surface area (Å²) < 4.78 is 4.63. The van der Waals surface area contributed by atoms with Crippen LogP contribution in [0.1, 0.15) is 33.6 Å². The molecule has 0 bridgehead atoms. The third-order valence-electron chi connectivity index (χ3n) is 6.04. The first kappa shape index (κ1) is 28.3. The van der Waals surface area contributed by atoms with Crippen molar-refractivity contribution in [3.8, 4) is 0 Å². The first-order chi connectivity index (χ1) is 17.7. The van der Waals surface area contributed by atoms with Crippen LogP contribution >= 0.6 is 22.9 Å². The van der Waals surface area contributed by atoms with Gasteiger partial charge in [0.1, 0.15) is 12.6 Å². The minimum absolute atomic E-state index is 0.00586. The lowest BCUT2D eigenvalue weighted by molar-refractivity contribution is -0.154. The molecule has 0 aliphatic carbocycles. The number of rotatable bonds is 10. The summed E-state index contributed by atoms with van der Waals surface area (Å²) in [6.07, 6.45) is 1.64. The van der Waals surface area contributed by atoms with Crippen LogP contribution in [-0.2, 0) is 36.8 Å². The molecule has 2 heterocycles. The molecule has 10 nitrogen and oxygen atoms in total. The number of nitrogens with one attached hydrogen (secondary N) is 2. The van der Waals surface area contributed by atoms with Gasteiger partial charge in [-0.3, -0.25) is 19.2 Å². The molecule has 1 aromatic heterocycles. The summed E-state index contributed by atoms with van der Waals surface area (Å²) >= 11 is 7.01. The molecule has 1 atom stereocenters. The largest absolute Gasteiger partial charge is 0.394 e. The SMILES string of the molecule is CN1CCc2ccc(NC(=O)[C@@H](CCC(=O)N(C)CC(=O)OC=O)NC(=O)c3ccc(Cl)s3)cc2CC1. The number of ether oxygens (including phenoxy) is 1. The van der Waals surface area contributed by atoms with Gasteiger partial charge in [-0.25, -0.2) is 4.79 Å². The molecule has 37 heavy (non-hydrogen) atoms. The van der Waals surface area contributed by atoms with Crippen LogP contribution in [0.5, 0.6) is 0 Å². The lowest BCUT2D eigenvalue weighted by Gasteiger charge is -2.20. The van der Waals surface area contributed by atoms with E-state index in [0.29, 0.717) is 14.9 Å². The normalized spacial score (nSPS) is 14.0. The molecule has 198 valence electrons. The summed E-state index contributed by atoms with van der Waals surface area (Å²) in [5.41, 5.74) is 3.00. The van der Waals surface area contributed by atoms with Gasteiger partial charge >= 0.3 is 12.4 Å². The van der Waals surface area contributed by atoms with Gasteiger partial charge in [0.25, 0.3) is 5.91 Å². The zero-order valence-electron chi connectivity index (χ0n) is 20.6. The van der Waals surface area contributed by atoms with Crippen molar-refractivity contribution in [1.29, 1.82) is 0 Å². The molecule has 3 amide bonds. The number of nitrogens with zero attached hydrogens (tertiary/aromatic N) is 2. The van der Waals surface area contributed by atoms with E-state index in [1.54, 1.807) is 12.1 Å². The summed E-state index contributed by atoms with van der Waals surface area (Å²) in [4.78, 5) is 63.9. The molecule has 2 N–H and O–H groups in total. The highest BCUT2D eigenvalue weighted by atomic mass is 35.5. The molecule has 0 radical (unpaired) electrons. The summed E-state index contributed by atoms with van der Waals surface area (Å²) in [7, 11) is 3.45. The number of carbonyl (C=O) groups is 5. The second kappa shape index (κ2) is 13.3. The molecule has 1 aromatic carbocycles. The number of halogens is 1. The summed E-state index contributed by atoms with van der Waals surface area (Å²) in [5, 5.41) is 5.55. The van der Waals surface area contributed by atoms with Gasteiger partial charge in [-0.2, -0.15) is 0 Å². The van der Waals surface area contributed by atoms with E-state index < -0.39 is 36.3 Å². The van der Waals surface area contributed by atoms with E-state index in [0.717, 1.165) is 47.7 Å². The van der Waals surface area contributed by atoms with Gasteiger partial charge in [0.15, 0.2) is 0 Å². The molecule has 1 aliphatic rings. The molecule has 3 rings (SSSR count). The van der Waals surface area contributed by atoms with Crippen molar-refractivity contribution in [2.24, 2.45) is 0 Å². The van der Waals surface area contributed by atoms with Gasteiger partial charge in [0.05, 0.1) is 9.21 Å². The molecule has 2 aromatic rings. The van der Waals surface area contributed by atoms with Crippen molar-refractivity contribution < 1.29 is 28.7 Å². The quantitative estimate of drug-likeness (QED) is 0.264. The van der Waals surface area contributed by atoms with E-state index in [1.165, 1.54) is 12.6 Å². The zero-order valence-corrected chi connectivity index (χ0v) is 22.2. The summed E-state index contributed by atoms with van der Waals surface area (Å²) in [6.45, 7) is 1.46. The monoisotopic (exact) mass is 548 g/mol. The van der Waals surface area contributed by atoms with Crippen LogP contribution in [-0.4, -0.2) is 79.7 Å². The fourth-order valence-electron chi connectivity index (χ4n) is 3.91. The Kier molecular flexibility index (Phi) is 10.2. The number of carbonyl (C=O) groups excluding carboxylic acids is 5. The van der Waals surface area contributed by atoms with Crippen LogP contribution in [0.4, 0.5) is 5.69 Å². The number of amides is 3. The number of thiophene rings is 1. The Bertz CT molecular complexity index is 1170. The topological polar surface area (TPSA) is 125 Å². The highest BCUT2D eigenvalue weighted by molar-refractivity contribution is 7.18. The van der Waals surface area contributed by atoms with Crippen LogP contribution < -0.4 is 10.6 Å². The number of hydrogen-bond acceptors (Lipinski definition) is 8. The Morgan fingerprint density at radius 2 is 1.89 bits per heavy atom. The highest BCUT2D eigenvalue weighted by Crippen LogP contribution is 2.22.